The number of benzene rings is 2. The van der Waals surface area contributed by atoms with Crippen LogP contribution in [0.15, 0.2) is 36.4 Å². The molecule has 0 spiro atoms. The van der Waals surface area contributed by atoms with Crippen molar-refractivity contribution in [1.82, 2.24) is 5.32 Å². The van der Waals surface area contributed by atoms with Gasteiger partial charge >= 0.3 is 0 Å². The standard InChI is InChI=1S/C18H22FN/c1-4-10-20-12-15-8-9-18(19)17(11-15)16-7-5-6-13(2)14(16)3/h5-9,11,20H,4,10,12H2,1-3H3. The minimum Gasteiger partial charge on any atom is -0.313 e. The lowest BCUT2D eigenvalue weighted by Gasteiger charge is -2.12. The van der Waals surface area contributed by atoms with Crippen molar-refractivity contribution in [2.45, 2.75) is 33.7 Å². The molecule has 0 saturated carbocycles. The number of aryl methyl sites for hydroxylation is 1. The average Bonchev–Trinajstić information content (AvgIpc) is 2.44. The molecule has 0 amide bonds. The molecule has 2 heteroatoms. The monoisotopic (exact) mass is 271 g/mol. The van der Waals surface area contributed by atoms with Gasteiger partial charge < -0.3 is 5.32 Å². The van der Waals surface area contributed by atoms with Crippen molar-refractivity contribution in [3.8, 4) is 11.1 Å². The van der Waals surface area contributed by atoms with Gasteiger partial charge in [0.25, 0.3) is 0 Å². The second-order valence-electron chi connectivity index (χ2n) is 5.24. The Kier molecular flexibility index (Phi) is 4.91. The topological polar surface area (TPSA) is 12.0 Å². The molecule has 1 nitrogen and oxygen atoms in total. The van der Waals surface area contributed by atoms with Gasteiger partial charge in [-0.2, -0.15) is 0 Å². The zero-order chi connectivity index (χ0) is 14.5. The van der Waals surface area contributed by atoms with Gasteiger partial charge in [-0.25, -0.2) is 4.39 Å². The highest BCUT2D eigenvalue weighted by molar-refractivity contribution is 5.69. The third-order valence-electron chi connectivity index (χ3n) is 3.68. The normalized spacial score (nSPS) is 10.8. The molecule has 0 fully saturated rings. The largest absolute Gasteiger partial charge is 0.313 e. The maximum absolute atomic E-state index is 14.1. The van der Waals surface area contributed by atoms with E-state index in [0.717, 1.165) is 36.2 Å². The van der Waals surface area contributed by atoms with Gasteiger partial charge in [-0.1, -0.05) is 31.2 Å². The summed E-state index contributed by atoms with van der Waals surface area (Å²) in [6.07, 6.45) is 1.10. The van der Waals surface area contributed by atoms with Gasteiger partial charge in [-0.05, 0) is 61.2 Å². The molecule has 2 rings (SSSR count). The maximum Gasteiger partial charge on any atom is 0.131 e. The van der Waals surface area contributed by atoms with E-state index in [9.17, 15) is 4.39 Å². The van der Waals surface area contributed by atoms with Crippen molar-refractivity contribution in [2.24, 2.45) is 0 Å². The summed E-state index contributed by atoms with van der Waals surface area (Å²) >= 11 is 0. The van der Waals surface area contributed by atoms with Crippen LogP contribution in [-0.4, -0.2) is 6.54 Å². The van der Waals surface area contributed by atoms with E-state index >= 15 is 0 Å². The van der Waals surface area contributed by atoms with Gasteiger partial charge in [0.2, 0.25) is 0 Å². The molecule has 0 unspecified atom stereocenters. The van der Waals surface area contributed by atoms with Crippen LogP contribution in [-0.2, 0) is 6.54 Å². The molecule has 20 heavy (non-hydrogen) atoms. The fourth-order valence-electron chi connectivity index (χ4n) is 2.34. The van der Waals surface area contributed by atoms with Crippen LogP contribution >= 0.6 is 0 Å². The lowest BCUT2D eigenvalue weighted by Crippen LogP contribution is -2.13. The van der Waals surface area contributed by atoms with Crippen LogP contribution in [0.5, 0.6) is 0 Å². The van der Waals surface area contributed by atoms with Gasteiger partial charge in [-0.3, -0.25) is 0 Å². The highest BCUT2D eigenvalue weighted by atomic mass is 19.1. The van der Waals surface area contributed by atoms with E-state index in [-0.39, 0.29) is 5.82 Å². The summed E-state index contributed by atoms with van der Waals surface area (Å²) in [5.74, 6) is -0.155. The molecule has 0 heterocycles. The van der Waals surface area contributed by atoms with Crippen molar-refractivity contribution < 1.29 is 4.39 Å². The molecule has 0 saturated heterocycles. The van der Waals surface area contributed by atoms with E-state index < -0.39 is 0 Å². The SMILES string of the molecule is CCCNCc1ccc(F)c(-c2cccc(C)c2C)c1. The molecule has 0 radical (unpaired) electrons. The Morgan fingerprint density at radius 3 is 2.60 bits per heavy atom. The molecule has 0 aromatic heterocycles. The van der Waals surface area contributed by atoms with E-state index in [1.807, 2.05) is 31.2 Å². The van der Waals surface area contributed by atoms with Crippen LogP contribution in [0, 0.1) is 19.7 Å². The van der Waals surface area contributed by atoms with E-state index in [1.165, 1.54) is 5.56 Å². The molecule has 2 aromatic rings. The van der Waals surface area contributed by atoms with E-state index in [0.29, 0.717) is 5.56 Å². The molecule has 0 atom stereocenters. The predicted molar refractivity (Wildman–Crippen MR) is 83.3 cm³/mol. The van der Waals surface area contributed by atoms with Crippen molar-refractivity contribution in [3.05, 3.63) is 58.9 Å². The molecular weight excluding hydrogens is 249 g/mol. The minimum absolute atomic E-state index is 0.155. The maximum atomic E-state index is 14.1. The van der Waals surface area contributed by atoms with Crippen LogP contribution in [0.3, 0.4) is 0 Å². The summed E-state index contributed by atoms with van der Waals surface area (Å²) in [5, 5.41) is 3.35. The van der Waals surface area contributed by atoms with E-state index in [1.54, 1.807) is 6.07 Å². The Bertz CT molecular complexity index is 590. The fraction of sp³-hybridized carbons (Fsp3) is 0.333. The molecule has 1 N–H and O–H groups in total. The van der Waals surface area contributed by atoms with Crippen LogP contribution in [0.4, 0.5) is 4.39 Å². The van der Waals surface area contributed by atoms with Crippen LogP contribution in [0.2, 0.25) is 0 Å². The Morgan fingerprint density at radius 2 is 1.85 bits per heavy atom. The molecule has 106 valence electrons. The van der Waals surface area contributed by atoms with Crippen LogP contribution in [0.25, 0.3) is 11.1 Å². The first kappa shape index (κ1) is 14.7. The number of nitrogens with one attached hydrogen (secondary N) is 1. The van der Waals surface area contributed by atoms with E-state index in [2.05, 4.69) is 25.2 Å². The summed E-state index contributed by atoms with van der Waals surface area (Å²) in [4.78, 5) is 0. The Hall–Kier alpha value is -1.67. The molecule has 2 aromatic carbocycles. The summed E-state index contributed by atoms with van der Waals surface area (Å²) in [6.45, 7) is 8.01. The van der Waals surface area contributed by atoms with Crippen molar-refractivity contribution in [2.75, 3.05) is 6.54 Å². The van der Waals surface area contributed by atoms with E-state index in [4.69, 9.17) is 0 Å². The van der Waals surface area contributed by atoms with Crippen LogP contribution in [0.1, 0.15) is 30.0 Å². The van der Waals surface area contributed by atoms with Gasteiger partial charge in [-0.15, -0.1) is 0 Å². The number of hydrogen-bond acceptors (Lipinski definition) is 1. The lowest BCUT2D eigenvalue weighted by molar-refractivity contribution is 0.628. The quantitative estimate of drug-likeness (QED) is 0.783. The molecule has 0 aliphatic carbocycles. The molecular formula is C18H22FN. The number of halogens is 1. The average molecular weight is 271 g/mol. The second kappa shape index (κ2) is 6.67. The van der Waals surface area contributed by atoms with Crippen molar-refractivity contribution in [3.63, 3.8) is 0 Å². The Morgan fingerprint density at radius 1 is 1.05 bits per heavy atom. The zero-order valence-corrected chi connectivity index (χ0v) is 12.5. The Labute approximate surface area is 120 Å². The first-order valence-electron chi connectivity index (χ1n) is 7.19. The number of hydrogen-bond donors (Lipinski definition) is 1. The smallest absolute Gasteiger partial charge is 0.131 e. The van der Waals surface area contributed by atoms with Crippen molar-refractivity contribution >= 4 is 0 Å². The summed E-state index contributed by atoms with van der Waals surface area (Å²) in [5.41, 5.74) is 5.14. The summed E-state index contributed by atoms with van der Waals surface area (Å²) < 4.78 is 14.1. The highest BCUT2D eigenvalue weighted by Crippen LogP contribution is 2.28. The zero-order valence-electron chi connectivity index (χ0n) is 12.5. The minimum atomic E-state index is -0.155. The second-order valence-corrected chi connectivity index (χ2v) is 5.24. The third kappa shape index (κ3) is 3.26. The third-order valence-corrected chi connectivity index (χ3v) is 3.68. The molecule has 0 aliphatic rings. The Balaban J connectivity index is 2.35. The van der Waals surface area contributed by atoms with Gasteiger partial charge in [0.15, 0.2) is 0 Å². The first-order chi connectivity index (χ1) is 9.63. The van der Waals surface area contributed by atoms with Gasteiger partial charge in [0, 0.05) is 12.1 Å². The first-order valence-corrected chi connectivity index (χ1v) is 7.19. The molecule has 0 aliphatic heterocycles. The fourth-order valence-corrected chi connectivity index (χ4v) is 2.34. The highest BCUT2D eigenvalue weighted by Gasteiger charge is 2.09. The van der Waals surface area contributed by atoms with Crippen LogP contribution < -0.4 is 5.32 Å². The molecule has 0 bridgehead atoms. The van der Waals surface area contributed by atoms with Gasteiger partial charge in [0.05, 0.1) is 0 Å². The lowest BCUT2D eigenvalue weighted by atomic mass is 9.95. The van der Waals surface area contributed by atoms with Gasteiger partial charge in [0.1, 0.15) is 5.82 Å². The summed E-state index contributed by atoms with van der Waals surface area (Å²) in [6, 6.07) is 11.4. The van der Waals surface area contributed by atoms with Crippen molar-refractivity contribution in [1.29, 1.82) is 0 Å². The number of rotatable bonds is 5. The summed E-state index contributed by atoms with van der Waals surface area (Å²) in [7, 11) is 0. The predicted octanol–water partition coefficient (Wildman–Crippen LogP) is 4.61.